The van der Waals surface area contributed by atoms with Crippen molar-refractivity contribution in [1.82, 2.24) is 10.9 Å². The highest BCUT2D eigenvalue weighted by atomic mass is 79.9. The number of halogens is 1. The quantitative estimate of drug-likeness (QED) is 0.650. The van der Waals surface area contributed by atoms with E-state index in [-0.39, 0.29) is 12.8 Å². The van der Waals surface area contributed by atoms with Crippen LogP contribution < -0.4 is 10.9 Å². The van der Waals surface area contributed by atoms with Gasteiger partial charge in [0.25, 0.3) is 5.91 Å². The van der Waals surface area contributed by atoms with Gasteiger partial charge in [-0.25, -0.2) is 0 Å². The lowest BCUT2D eigenvalue weighted by Gasteiger charge is -2.21. The van der Waals surface area contributed by atoms with Crippen molar-refractivity contribution in [3.8, 4) is 0 Å². The van der Waals surface area contributed by atoms with Gasteiger partial charge in [0, 0.05) is 15.8 Å². The standard InChI is InChI=1S/C14H19BrN2O4S/c1-4-9-8(15)5-10(22-9)13(21)17-16-11(18)6-14(2,3)7-12(19)20/h5H,4,6-7H2,1-3H3,(H,16,18)(H,17,21)(H,19,20). The Bertz CT molecular complexity index is 583. The summed E-state index contributed by atoms with van der Waals surface area (Å²) in [7, 11) is 0. The molecule has 0 unspecified atom stereocenters. The maximum atomic E-state index is 11.9. The lowest BCUT2D eigenvalue weighted by atomic mass is 9.85. The first kappa shape index (κ1) is 18.6. The fourth-order valence-corrected chi connectivity index (χ4v) is 3.69. The Morgan fingerprint density at radius 2 is 1.91 bits per heavy atom. The number of thiophene rings is 1. The predicted molar refractivity (Wildman–Crippen MR) is 87.7 cm³/mol. The number of aryl methyl sites for hydroxylation is 1. The molecule has 1 heterocycles. The van der Waals surface area contributed by atoms with Gasteiger partial charge in [-0.05, 0) is 33.8 Å². The number of hydrogen-bond acceptors (Lipinski definition) is 4. The number of nitrogens with one attached hydrogen (secondary N) is 2. The zero-order chi connectivity index (χ0) is 16.9. The number of hydrogen-bond donors (Lipinski definition) is 3. The molecular weight excluding hydrogens is 372 g/mol. The largest absolute Gasteiger partial charge is 0.481 e. The van der Waals surface area contributed by atoms with Crippen LogP contribution in [-0.2, 0) is 16.0 Å². The van der Waals surface area contributed by atoms with E-state index in [0.717, 1.165) is 15.8 Å². The van der Waals surface area contributed by atoms with Gasteiger partial charge in [-0.1, -0.05) is 20.8 Å². The van der Waals surface area contributed by atoms with E-state index in [0.29, 0.717) is 4.88 Å². The van der Waals surface area contributed by atoms with Crippen molar-refractivity contribution in [3.63, 3.8) is 0 Å². The lowest BCUT2D eigenvalue weighted by molar-refractivity contribution is -0.139. The molecule has 122 valence electrons. The van der Waals surface area contributed by atoms with E-state index in [1.54, 1.807) is 19.9 Å². The number of carboxylic acid groups (broad SMARTS) is 1. The highest BCUT2D eigenvalue weighted by Gasteiger charge is 2.25. The van der Waals surface area contributed by atoms with Crippen molar-refractivity contribution >= 4 is 45.1 Å². The Kier molecular flexibility index (Phi) is 6.55. The van der Waals surface area contributed by atoms with Crippen LogP contribution in [0.3, 0.4) is 0 Å². The van der Waals surface area contributed by atoms with Crippen LogP contribution in [0.5, 0.6) is 0 Å². The number of carbonyl (C=O) groups is 3. The molecule has 1 aromatic heterocycles. The van der Waals surface area contributed by atoms with Crippen molar-refractivity contribution in [2.45, 2.75) is 40.0 Å². The van der Waals surface area contributed by atoms with Gasteiger partial charge < -0.3 is 5.11 Å². The third-order valence-electron chi connectivity index (χ3n) is 2.89. The van der Waals surface area contributed by atoms with Crippen LogP contribution in [0.1, 0.15) is 48.2 Å². The number of amides is 2. The Balaban J connectivity index is 2.53. The molecule has 0 aliphatic heterocycles. The first-order valence-corrected chi connectivity index (χ1v) is 8.34. The summed E-state index contributed by atoms with van der Waals surface area (Å²) in [6.07, 6.45) is 0.703. The van der Waals surface area contributed by atoms with Crippen molar-refractivity contribution in [3.05, 3.63) is 20.3 Å². The molecule has 0 saturated heterocycles. The summed E-state index contributed by atoms with van der Waals surface area (Å²) in [5, 5.41) is 8.78. The summed E-state index contributed by atoms with van der Waals surface area (Å²) in [6.45, 7) is 5.36. The van der Waals surface area contributed by atoms with E-state index < -0.39 is 23.2 Å². The van der Waals surface area contributed by atoms with Crippen LogP contribution in [0.4, 0.5) is 0 Å². The fourth-order valence-electron chi connectivity index (χ4n) is 1.90. The molecule has 0 radical (unpaired) electrons. The molecule has 1 aromatic rings. The zero-order valence-corrected chi connectivity index (χ0v) is 15.1. The summed E-state index contributed by atoms with van der Waals surface area (Å²) < 4.78 is 0.874. The normalized spacial score (nSPS) is 11.1. The topological polar surface area (TPSA) is 95.5 Å². The summed E-state index contributed by atoms with van der Waals surface area (Å²) in [5.74, 6) is -1.78. The molecule has 8 heteroatoms. The van der Waals surface area contributed by atoms with Crippen molar-refractivity contribution in [2.75, 3.05) is 0 Å². The van der Waals surface area contributed by atoms with Gasteiger partial charge in [-0.15, -0.1) is 11.3 Å². The molecule has 0 fully saturated rings. The van der Waals surface area contributed by atoms with Crippen LogP contribution in [-0.4, -0.2) is 22.9 Å². The summed E-state index contributed by atoms with van der Waals surface area (Å²) in [4.78, 5) is 36.0. The first-order chi connectivity index (χ1) is 10.1. The molecule has 2 amide bonds. The minimum atomic E-state index is -0.961. The molecule has 0 saturated carbocycles. The van der Waals surface area contributed by atoms with E-state index in [1.165, 1.54) is 11.3 Å². The Morgan fingerprint density at radius 1 is 1.27 bits per heavy atom. The lowest BCUT2D eigenvalue weighted by Crippen LogP contribution is -2.43. The second kappa shape index (κ2) is 7.73. The summed E-state index contributed by atoms with van der Waals surface area (Å²) in [6, 6.07) is 1.71. The maximum absolute atomic E-state index is 11.9. The van der Waals surface area contributed by atoms with Crippen LogP contribution in [0.15, 0.2) is 10.5 Å². The molecule has 1 rings (SSSR count). The minimum absolute atomic E-state index is 0.00786. The monoisotopic (exact) mass is 390 g/mol. The molecule has 0 spiro atoms. The second-order valence-corrected chi connectivity index (χ2v) is 7.64. The summed E-state index contributed by atoms with van der Waals surface area (Å²) in [5.41, 5.74) is 3.98. The van der Waals surface area contributed by atoms with E-state index in [2.05, 4.69) is 26.8 Å². The SMILES string of the molecule is CCc1sc(C(=O)NNC(=O)CC(C)(C)CC(=O)O)cc1Br. The van der Waals surface area contributed by atoms with Crippen molar-refractivity contribution in [1.29, 1.82) is 0 Å². The Morgan fingerprint density at radius 3 is 2.41 bits per heavy atom. The number of rotatable bonds is 6. The highest BCUT2D eigenvalue weighted by molar-refractivity contribution is 9.10. The second-order valence-electron chi connectivity index (χ2n) is 5.65. The van der Waals surface area contributed by atoms with Gasteiger partial charge >= 0.3 is 5.97 Å². The minimum Gasteiger partial charge on any atom is -0.481 e. The van der Waals surface area contributed by atoms with Crippen LogP contribution in [0, 0.1) is 5.41 Å². The number of carboxylic acids is 1. The predicted octanol–water partition coefficient (Wildman–Crippen LogP) is 2.73. The third kappa shape index (κ3) is 5.76. The Labute approximate surface area is 141 Å². The molecule has 0 aliphatic rings. The van der Waals surface area contributed by atoms with E-state index in [9.17, 15) is 14.4 Å². The van der Waals surface area contributed by atoms with Gasteiger partial charge in [0.2, 0.25) is 5.91 Å². The maximum Gasteiger partial charge on any atom is 0.303 e. The Hall–Kier alpha value is -1.41. The van der Waals surface area contributed by atoms with Crippen LogP contribution >= 0.6 is 27.3 Å². The number of carbonyl (C=O) groups excluding carboxylic acids is 2. The van der Waals surface area contributed by atoms with Gasteiger partial charge in [0.15, 0.2) is 0 Å². The average Bonchev–Trinajstić information content (AvgIpc) is 2.75. The fraction of sp³-hybridized carbons (Fsp3) is 0.500. The van der Waals surface area contributed by atoms with Gasteiger partial charge in [0.05, 0.1) is 11.3 Å². The van der Waals surface area contributed by atoms with Crippen LogP contribution in [0.25, 0.3) is 0 Å². The molecule has 3 N–H and O–H groups in total. The average molecular weight is 391 g/mol. The zero-order valence-electron chi connectivity index (χ0n) is 12.7. The van der Waals surface area contributed by atoms with E-state index >= 15 is 0 Å². The molecule has 0 bridgehead atoms. The number of aliphatic carboxylic acids is 1. The molecule has 0 aliphatic carbocycles. The molecular formula is C14H19BrN2O4S. The smallest absolute Gasteiger partial charge is 0.303 e. The first-order valence-electron chi connectivity index (χ1n) is 6.74. The van der Waals surface area contributed by atoms with Gasteiger partial charge in [-0.3, -0.25) is 25.2 Å². The van der Waals surface area contributed by atoms with Gasteiger partial charge in [-0.2, -0.15) is 0 Å². The van der Waals surface area contributed by atoms with E-state index in [4.69, 9.17) is 5.11 Å². The number of hydrazine groups is 1. The molecule has 6 nitrogen and oxygen atoms in total. The van der Waals surface area contributed by atoms with Crippen LogP contribution in [0.2, 0.25) is 0 Å². The highest BCUT2D eigenvalue weighted by Crippen LogP contribution is 2.27. The molecule has 0 atom stereocenters. The summed E-state index contributed by atoms with van der Waals surface area (Å²) >= 11 is 4.73. The van der Waals surface area contributed by atoms with Gasteiger partial charge in [0.1, 0.15) is 0 Å². The van der Waals surface area contributed by atoms with E-state index in [1.807, 2.05) is 6.92 Å². The van der Waals surface area contributed by atoms with Crippen molar-refractivity contribution < 1.29 is 19.5 Å². The molecule has 0 aromatic carbocycles. The third-order valence-corrected chi connectivity index (χ3v) is 5.13. The molecule has 22 heavy (non-hydrogen) atoms. The van der Waals surface area contributed by atoms with Crippen molar-refractivity contribution in [2.24, 2.45) is 5.41 Å².